The average molecular weight is 393 g/mol. The van der Waals surface area contributed by atoms with Crippen LogP contribution in [0.25, 0.3) is 22.6 Å². The lowest BCUT2D eigenvalue weighted by Gasteiger charge is -2.11. The second kappa shape index (κ2) is 8.06. The summed E-state index contributed by atoms with van der Waals surface area (Å²) in [5, 5.41) is 6.25. The molecule has 4 aromatic rings. The molecule has 140 valence electrons. The summed E-state index contributed by atoms with van der Waals surface area (Å²) in [5.41, 5.74) is 3.20. The standard InChI is InChI=1S/C20H17ClN6O/c21-15-3-5-16(6-4-15)25-20(28)24-12-13-27-18(14-7-10-22-11-8-14)26-17-2-1-9-23-19(17)27/h1-11H,12-13H2,(H2,24,25,28). The average Bonchev–Trinajstić information content (AvgIpc) is 3.09. The van der Waals surface area contributed by atoms with Crippen molar-refractivity contribution in [2.24, 2.45) is 0 Å². The summed E-state index contributed by atoms with van der Waals surface area (Å²) in [7, 11) is 0. The van der Waals surface area contributed by atoms with Crippen LogP contribution in [-0.4, -0.2) is 32.1 Å². The van der Waals surface area contributed by atoms with E-state index < -0.39 is 0 Å². The highest BCUT2D eigenvalue weighted by molar-refractivity contribution is 6.30. The van der Waals surface area contributed by atoms with Gasteiger partial charge in [0.15, 0.2) is 5.65 Å². The minimum absolute atomic E-state index is 0.287. The van der Waals surface area contributed by atoms with E-state index >= 15 is 0 Å². The summed E-state index contributed by atoms with van der Waals surface area (Å²) in [4.78, 5) is 25.3. The normalized spacial score (nSPS) is 10.8. The summed E-state index contributed by atoms with van der Waals surface area (Å²) in [6, 6.07) is 14.2. The monoisotopic (exact) mass is 392 g/mol. The summed E-state index contributed by atoms with van der Waals surface area (Å²) in [6.07, 6.45) is 5.19. The van der Waals surface area contributed by atoms with Crippen LogP contribution in [-0.2, 0) is 6.54 Å². The Kier molecular flexibility index (Phi) is 5.16. The van der Waals surface area contributed by atoms with Crippen LogP contribution in [0.1, 0.15) is 0 Å². The van der Waals surface area contributed by atoms with Gasteiger partial charge in [-0.1, -0.05) is 11.6 Å². The maximum absolute atomic E-state index is 12.1. The van der Waals surface area contributed by atoms with Gasteiger partial charge in [0.25, 0.3) is 0 Å². The smallest absolute Gasteiger partial charge is 0.319 e. The molecule has 0 aliphatic heterocycles. The number of hydrogen-bond donors (Lipinski definition) is 2. The zero-order valence-electron chi connectivity index (χ0n) is 14.8. The fourth-order valence-corrected chi connectivity index (χ4v) is 3.01. The van der Waals surface area contributed by atoms with Gasteiger partial charge < -0.3 is 15.2 Å². The maximum atomic E-state index is 12.1. The van der Waals surface area contributed by atoms with Crippen molar-refractivity contribution in [3.8, 4) is 11.4 Å². The van der Waals surface area contributed by atoms with Crippen molar-refractivity contribution in [3.63, 3.8) is 0 Å². The summed E-state index contributed by atoms with van der Waals surface area (Å²) in [6.45, 7) is 0.943. The first-order valence-electron chi connectivity index (χ1n) is 8.73. The van der Waals surface area contributed by atoms with Crippen molar-refractivity contribution in [1.82, 2.24) is 24.8 Å². The van der Waals surface area contributed by atoms with E-state index in [0.717, 1.165) is 22.6 Å². The zero-order chi connectivity index (χ0) is 19.3. The van der Waals surface area contributed by atoms with Crippen LogP contribution in [0.15, 0.2) is 67.1 Å². The summed E-state index contributed by atoms with van der Waals surface area (Å²) < 4.78 is 1.99. The van der Waals surface area contributed by atoms with Crippen LogP contribution < -0.4 is 10.6 Å². The van der Waals surface area contributed by atoms with Gasteiger partial charge >= 0.3 is 6.03 Å². The van der Waals surface area contributed by atoms with Crippen LogP contribution in [0.4, 0.5) is 10.5 Å². The Hall–Kier alpha value is -3.45. The lowest BCUT2D eigenvalue weighted by Crippen LogP contribution is -2.31. The van der Waals surface area contributed by atoms with E-state index in [-0.39, 0.29) is 6.03 Å². The third-order valence-corrected chi connectivity index (χ3v) is 4.42. The van der Waals surface area contributed by atoms with Crippen LogP contribution in [0.2, 0.25) is 5.02 Å². The Bertz CT molecular complexity index is 1090. The highest BCUT2D eigenvalue weighted by Crippen LogP contribution is 2.22. The SMILES string of the molecule is O=C(NCCn1c(-c2ccncc2)nc2cccnc21)Nc1ccc(Cl)cc1. The fraction of sp³-hybridized carbons (Fsp3) is 0.100. The highest BCUT2D eigenvalue weighted by atomic mass is 35.5. The Morgan fingerprint density at radius 2 is 1.82 bits per heavy atom. The molecular weight excluding hydrogens is 376 g/mol. The predicted molar refractivity (Wildman–Crippen MR) is 109 cm³/mol. The van der Waals surface area contributed by atoms with Gasteiger partial charge in [-0.3, -0.25) is 4.98 Å². The van der Waals surface area contributed by atoms with Gasteiger partial charge in [-0.15, -0.1) is 0 Å². The Labute approximate surface area is 166 Å². The zero-order valence-corrected chi connectivity index (χ0v) is 15.6. The van der Waals surface area contributed by atoms with Crippen molar-refractivity contribution in [3.05, 3.63) is 72.1 Å². The number of urea groups is 1. The summed E-state index contributed by atoms with van der Waals surface area (Å²) in [5.74, 6) is 0.788. The molecule has 0 unspecified atom stereocenters. The van der Waals surface area contributed by atoms with Crippen LogP contribution in [0, 0.1) is 0 Å². The molecule has 0 saturated heterocycles. The van der Waals surface area contributed by atoms with Gasteiger partial charge in [-0.2, -0.15) is 0 Å². The number of nitrogens with zero attached hydrogens (tertiary/aromatic N) is 4. The molecule has 0 spiro atoms. The van der Waals surface area contributed by atoms with Crippen LogP contribution in [0.5, 0.6) is 0 Å². The van der Waals surface area contributed by atoms with E-state index in [9.17, 15) is 4.79 Å². The second-order valence-corrected chi connectivity index (χ2v) is 6.49. The van der Waals surface area contributed by atoms with Gasteiger partial charge in [0.2, 0.25) is 0 Å². The van der Waals surface area contributed by atoms with E-state index in [4.69, 9.17) is 11.6 Å². The number of hydrogen-bond acceptors (Lipinski definition) is 4. The Morgan fingerprint density at radius 3 is 2.61 bits per heavy atom. The van der Waals surface area contributed by atoms with Crippen LogP contribution >= 0.6 is 11.6 Å². The molecule has 2 N–H and O–H groups in total. The quantitative estimate of drug-likeness (QED) is 0.538. The fourth-order valence-electron chi connectivity index (χ4n) is 2.88. The molecule has 0 radical (unpaired) electrons. The molecule has 2 amide bonds. The topological polar surface area (TPSA) is 84.7 Å². The van der Waals surface area contributed by atoms with E-state index in [2.05, 4.69) is 25.6 Å². The third-order valence-electron chi connectivity index (χ3n) is 4.17. The van der Waals surface area contributed by atoms with Gasteiger partial charge in [0.1, 0.15) is 11.3 Å². The molecule has 3 heterocycles. The Balaban J connectivity index is 1.48. The first-order valence-corrected chi connectivity index (χ1v) is 9.10. The van der Waals surface area contributed by atoms with E-state index in [1.807, 2.05) is 28.8 Å². The van der Waals surface area contributed by atoms with E-state index in [1.54, 1.807) is 42.9 Å². The largest absolute Gasteiger partial charge is 0.336 e. The van der Waals surface area contributed by atoms with Crippen molar-refractivity contribution in [2.75, 3.05) is 11.9 Å². The molecule has 8 heteroatoms. The second-order valence-electron chi connectivity index (χ2n) is 6.06. The number of fused-ring (bicyclic) bond motifs is 1. The minimum atomic E-state index is -0.287. The number of aromatic nitrogens is 4. The molecule has 0 atom stereocenters. The minimum Gasteiger partial charge on any atom is -0.336 e. The first-order chi connectivity index (χ1) is 13.7. The number of rotatable bonds is 5. The molecule has 4 rings (SSSR count). The Morgan fingerprint density at radius 1 is 1.04 bits per heavy atom. The molecule has 1 aromatic carbocycles. The molecule has 0 bridgehead atoms. The maximum Gasteiger partial charge on any atom is 0.319 e. The van der Waals surface area contributed by atoms with E-state index in [1.165, 1.54) is 0 Å². The third kappa shape index (κ3) is 3.94. The number of amides is 2. The van der Waals surface area contributed by atoms with Gasteiger partial charge in [-0.25, -0.2) is 14.8 Å². The number of anilines is 1. The molecule has 0 aliphatic carbocycles. The summed E-state index contributed by atoms with van der Waals surface area (Å²) >= 11 is 5.86. The molecule has 0 saturated carbocycles. The predicted octanol–water partition coefficient (Wildman–Crippen LogP) is 3.97. The molecule has 7 nitrogen and oxygen atoms in total. The van der Waals surface area contributed by atoms with E-state index in [0.29, 0.717) is 23.8 Å². The molecule has 0 aliphatic rings. The molecule has 3 aromatic heterocycles. The highest BCUT2D eigenvalue weighted by Gasteiger charge is 2.13. The molecule has 0 fully saturated rings. The number of benzene rings is 1. The van der Waals surface area contributed by atoms with Gasteiger partial charge in [0.05, 0.1) is 0 Å². The number of carbonyl (C=O) groups is 1. The van der Waals surface area contributed by atoms with Crippen molar-refractivity contribution >= 4 is 34.5 Å². The lowest BCUT2D eigenvalue weighted by molar-refractivity contribution is 0.251. The molecule has 28 heavy (non-hydrogen) atoms. The van der Waals surface area contributed by atoms with Gasteiger partial charge in [-0.05, 0) is 48.5 Å². The van der Waals surface area contributed by atoms with Crippen molar-refractivity contribution in [1.29, 1.82) is 0 Å². The lowest BCUT2D eigenvalue weighted by atomic mass is 10.2. The number of carbonyl (C=O) groups excluding carboxylic acids is 1. The number of pyridine rings is 2. The van der Waals surface area contributed by atoms with Crippen LogP contribution in [0.3, 0.4) is 0 Å². The van der Waals surface area contributed by atoms with Gasteiger partial charge in [0, 0.05) is 48.0 Å². The van der Waals surface area contributed by atoms with Crippen molar-refractivity contribution in [2.45, 2.75) is 6.54 Å². The number of nitrogens with one attached hydrogen (secondary N) is 2. The first kappa shape index (κ1) is 17.9. The number of halogens is 1. The molecular formula is C20H17ClN6O. The van der Waals surface area contributed by atoms with Crippen molar-refractivity contribution < 1.29 is 4.79 Å². The number of imidazole rings is 1.